The Morgan fingerprint density at radius 1 is 1.21 bits per heavy atom. The summed E-state index contributed by atoms with van der Waals surface area (Å²) in [6, 6.07) is 0. The second kappa shape index (κ2) is 10.1. The fraction of sp³-hybridized carbons (Fsp3) is 0.741. The van der Waals surface area contributed by atoms with Gasteiger partial charge in [0, 0.05) is 19.8 Å². The van der Waals surface area contributed by atoms with Gasteiger partial charge in [0.2, 0.25) is 0 Å². The summed E-state index contributed by atoms with van der Waals surface area (Å²) in [6.07, 6.45) is 9.74. The lowest BCUT2D eigenvalue weighted by Crippen LogP contribution is -2.47. The van der Waals surface area contributed by atoms with E-state index in [1.54, 1.807) is 6.08 Å². The molecule has 0 aromatic rings. The molecule has 3 rings (SSSR count). The molecule has 1 N–H and O–H groups in total. The molecule has 0 amide bonds. The van der Waals surface area contributed by atoms with Crippen LogP contribution in [0.25, 0.3) is 0 Å². The van der Waals surface area contributed by atoms with E-state index < -0.39 is 23.6 Å². The number of rotatable bonds is 7. The minimum atomic E-state index is -1.44. The van der Waals surface area contributed by atoms with E-state index >= 15 is 0 Å². The van der Waals surface area contributed by atoms with E-state index in [1.807, 2.05) is 19.1 Å². The zero-order chi connectivity index (χ0) is 24.4. The molecule has 6 atom stereocenters. The highest BCUT2D eigenvalue weighted by molar-refractivity contribution is 5.99. The van der Waals surface area contributed by atoms with E-state index in [9.17, 15) is 19.5 Å². The van der Waals surface area contributed by atoms with Crippen LogP contribution in [0.2, 0.25) is 0 Å². The lowest BCUT2D eigenvalue weighted by Gasteiger charge is -2.33. The number of hydrogen-bond donors (Lipinski definition) is 1. The fourth-order valence-electron chi connectivity index (χ4n) is 6.04. The topological polar surface area (TPSA) is 89.9 Å². The molecule has 2 fully saturated rings. The largest absolute Gasteiger partial charge is 0.461 e. The maximum Gasteiger partial charge on any atom is 0.306 e. The Morgan fingerprint density at radius 3 is 2.58 bits per heavy atom. The van der Waals surface area contributed by atoms with Gasteiger partial charge in [0.25, 0.3) is 0 Å². The van der Waals surface area contributed by atoms with Crippen LogP contribution in [0.3, 0.4) is 0 Å². The standard InChI is InChI=1S/C27H40O6/c1-6-7-8-9-24(31)32-25-17(2)15-27(33-18(3)29)22(25)14-19(16-28)10-11-20-21(26(20,4)5)12-13-23(27)30/h12-14,17,20-22,25,28H,6-11,15-16H2,1-5H3/b13-12+,19-14-/t17-,20-,21+,22-,25-,27+/m0/s1. The third kappa shape index (κ3) is 5.26. The number of aliphatic hydroxyl groups is 1. The molecule has 3 aliphatic carbocycles. The molecule has 0 radical (unpaired) electrons. The van der Waals surface area contributed by atoms with E-state index in [1.165, 1.54) is 6.92 Å². The lowest BCUT2D eigenvalue weighted by atomic mass is 9.83. The van der Waals surface area contributed by atoms with Crippen molar-refractivity contribution in [3.05, 3.63) is 23.8 Å². The van der Waals surface area contributed by atoms with Crippen molar-refractivity contribution in [3.63, 3.8) is 0 Å². The molecule has 6 heteroatoms. The van der Waals surface area contributed by atoms with Gasteiger partial charge >= 0.3 is 11.9 Å². The molecule has 184 valence electrons. The normalized spacial score (nSPS) is 37.6. The van der Waals surface area contributed by atoms with Gasteiger partial charge in [0.05, 0.1) is 12.5 Å². The Kier molecular flexibility index (Phi) is 7.87. The molecule has 0 aliphatic heterocycles. The van der Waals surface area contributed by atoms with Gasteiger partial charge in [0.15, 0.2) is 11.4 Å². The summed E-state index contributed by atoms with van der Waals surface area (Å²) in [5, 5.41) is 10.1. The molecule has 0 aromatic carbocycles. The first-order valence-electron chi connectivity index (χ1n) is 12.5. The quantitative estimate of drug-likeness (QED) is 0.341. The van der Waals surface area contributed by atoms with E-state index in [4.69, 9.17) is 9.47 Å². The van der Waals surface area contributed by atoms with Crippen molar-refractivity contribution >= 4 is 17.7 Å². The molecular weight excluding hydrogens is 420 g/mol. The van der Waals surface area contributed by atoms with Crippen molar-refractivity contribution in [2.75, 3.05) is 6.61 Å². The van der Waals surface area contributed by atoms with Crippen LogP contribution in [0.1, 0.15) is 79.6 Å². The number of ether oxygens (including phenoxy) is 2. The summed E-state index contributed by atoms with van der Waals surface area (Å²) < 4.78 is 11.7. The summed E-state index contributed by atoms with van der Waals surface area (Å²) in [5.74, 6) is -1.20. The van der Waals surface area contributed by atoms with Crippen LogP contribution in [0.15, 0.2) is 23.8 Å². The first kappa shape index (κ1) is 25.7. The fourth-order valence-corrected chi connectivity index (χ4v) is 6.04. The summed E-state index contributed by atoms with van der Waals surface area (Å²) in [4.78, 5) is 38.4. The van der Waals surface area contributed by atoms with Gasteiger partial charge in [-0.15, -0.1) is 0 Å². The van der Waals surface area contributed by atoms with Crippen LogP contribution in [0.5, 0.6) is 0 Å². The molecule has 6 nitrogen and oxygen atoms in total. The number of unbranched alkanes of at least 4 members (excludes halogenated alkanes) is 2. The summed E-state index contributed by atoms with van der Waals surface area (Å²) >= 11 is 0. The first-order chi connectivity index (χ1) is 15.6. The van der Waals surface area contributed by atoms with Crippen LogP contribution < -0.4 is 0 Å². The SMILES string of the molecule is CCCCCC(=O)O[C@H]1[C@@H](C)C[C@]2(OC(C)=O)C(=O)/C=C/[C@@H]3[C@H](CC/C(CO)=C/[C@@H]12)C3(C)C. The Balaban J connectivity index is 1.99. The summed E-state index contributed by atoms with van der Waals surface area (Å²) in [5.41, 5.74) is -0.534. The van der Waals surface area contributed by atoms with E-state index in [-0.39, 0.29) is 42.0 Å². The molecule has 0 saturated heterocycles. The van der Waals surface area contributed by atoms with Gasteiger partial charge in [-0.1, -0.05) is 52.7 Å². The van der Waals surface area contributed by atoms with Crippen molar-refractivity contribution in [2.24, 2.45) is 29.1 Å². The molecule has 3 aliphatic rings. The number of carbonyl (C=O) groups is 3. The van der Waals surface area contributed by atoms with Crippen LogP contribution in [-0.4, -0.2) is 41.1 Å². The summed E-state index contributed by atoms with van der Waals surface area (Å²) in [7, 11) is 0. The molecule has 0 spiro atoms. The van der Waals surface area contributed by atoms with Gasteiger partial charge in [0.1, 0.15) is 6.10 Å². The van der Waals surface area contributed by atoms with Gasteiger partial charge in [-0.3, -0.25) is 14.4 Å². The molecule has 33 heavy (non-hydrogen) atoms. The molecule has 0 bridgehead atoms. The maximum absolute atomic E-state index is 13.6. The minimum Gasteiger partial charge on any atom is -0.461 e. The van der Waals surface area contributed by atoms with Crippen molar-refractivity contribution in [3.8, 4) is 0 Å². The third-order valence-electron chi connectivity index (χ3n) is 8.06. The van der Waals surface area contributed by atoms with Gasteiger partial charge in [-0.05, 0) is 54.1 Å². The van der Waals surface area contributed by atoms with Crippen LogP contribution in [0.4, 0.5) is 0 Å². The monoisotopic (exact) mass is 460 g/mol. The predicted molar refractivity (Wildman–Crippen MR) is 125 cm³/mol. The number of allylic oxidation sites excluding steroid dienone is 1. The van der Waals surface area contributed by atoms with Crippen molar-refractivity contribution in [2.45, 2.75) is 91.3 Å². The van der Waals surface area contributed by atoms with E-state index in [2.05, 4.69) is 20.8 Å². The van der Waals surface area contributed by atoms with Crippen LogP contribution >= 0.6 is 0 Å². The van der Waals surface area contributed by atoms with Crippen molar-refractivity contribution in [1.82, 2.24) is 0 Å². The Hall–Kier alpha value is -1.95. The predicted octanol–water partition coefficient (Wildman–Crippen LogP) is 4.55. The molecule has 0 heterocycles. The number of carbonyl (C=O) groups excluding carboxylic acids is 3. The third-order valence-corrected chi connectivity index (χ3v) is 8.06. The second-order valence-electron chi connectivity index (χ2n) is 10.8. The lowest BCUT2D eigenvalue weighted by molar-refractivity contribution is -0.169. The second-order valence-corrected chi connectivity index (χ2v) is 10.8. The van der Waals surface area contributed by atoms with Crippen molar-refractivity contribution in [1.29, 1.82) is 0 Å². The number of fused-ring (bicyclic) bond motifs is 2. The average molecular weight is 461 g/mol. The Bertz CT molecular complexity index is 824. The van der Waals surface area contributed by atoms with Gasteiger partial charge in [-0.2, -0.15) is 0 Å². The Labute approximate surface area is 197 Å². The molecule has 0 aromatic heterocycles. The number of aliphatic hydroxyl groups excluding tert-OH is 1. The number of hydrogen-bond acceptors (Lipinski definition) is 6. The average Bonchev–Trinajstić information content (AvgIpc) is 3.17. The molecule has 0 unspecified atom stereocenters. The highest BCUT2D eigenvalue weighted by Crippen LogP contribution is 2.61. The van der Waals surface area contributed by atoms with E-state index in [0.717, 1.165) is 31.3 Å². The molecule has 2 saturated carbocycles. The van der Waals surface area contributed by atoms with Gasteiger partial charge in [-0.25, -0.2) is 0 Å². The smallest absolute Gasteiger partial charge is 0.306 e. The highest BCUT2D eigenvalue weighted by Gasteiger charge is 2.60. The minimum absolute atomic E-state index is 0.101. The maximum atomic E-state index is 13.6. The molecular formula is C27H40O6. The van der Waals surface area contributed by atoms with Crippen LogP contribution in [-0.2, 0) is 23.9 Å². The number of esters is 2. The first-order valence-corrected chi connectivity index (χ1v) is 12.5. The van der Waals surface area contributed by atoms with Crippen LogP contribution in [0, 0.1) is 29.1 Å². The van der Waals surface area contributed by atoms with Gasteiger partial charge < -0.3 is 14.6 Å². The highest BCUT2D eigenvalue weighted by atomic mass is 16.6. The summed E-state index contributed by atoms with van der Waals surface area (Å²) in [6.45, 7) is 9.56. The Morgan fingerprint density at radius 2 is 1.94 bits per heavy atom. The zero-order valence-corrected chi connectivity index (χ0v) is 20.8. The number of ketones is 1. The van der Waals surface area contributed by atoms with Crippen molar-refractivity contribution < 1.29 is 29.0 Å². The zero-order valence-electron chi connectivity index (χ0n) is 20.8. The van der Waals surface area contributed by atoms with E-state index in [0.29, 0.717) is 18.8 Å².